The average Bonchev–Trinajstić information content (AvgIpc) is 2.73. The summed E-state index contributed by atoms with van der Waals surface area (Å²) in [6.07, 6.45) is 12.6. The zero-order chi connectivity index (χ0) is 20.8. The number of amides is 2. The summed E-state index contributed by atoms with van der Waals surface area (Å²) in [7, 11) is 0. The third-order valence-electron chi connectivity index (χ3n) is 6.15. The number of carbonyl (C=O) groups excluding carboxylic acids is 2. The van der Waals surface area contributed by atoms with Crippen LogP contribution in [-0.4, -0.2) is 47.8 Å². The van der Waals surface area contributed by atoms with Crippen molar-refractivity contribution >= 4 is 11.8 Å². The van der Waals surface area contributed by atoms with Crippen molar-refractivity contribution in [1.82, 2.24) is 9.80 Å². The quantitative estimate of drug-likeness (QED) is 0.382. The van der Waals surface area contributed by atoms with Crippen molar-refractivity contribution in [3.8, 4) is 0 Å². The molecule has 0 heterocycles. The first-order valence-corrected chi connectivity index (χ1v) is 12.2. The van der Waals surface area contributed by atoms with Gasteiger partial charge in [0.15, 0.2) is 0 Å². The fraction of sp³-hybridized carbons (Fsp3) is 0.917. The molecule has 1 rings (SSSR count). The van der Waals surface area contributed by atoms with Gasteiger partial charge < -0.3 is 9.80 Å². The van der Waals surface area contributed by atoms with Crippen LogP contribution in [0.5, 0.6) is 0 Å². The van der Waals surface area contributed by atoms with Gasteiger partial charge in [0.2, 0.25) is 11.8 Å². The number of nitrogens with zero attached hydrogens (tertiary/aromatic N) is 2. The third-order valence-corrected chi connectivity index (χ3v) is 6.15. The Labute approximate surface area is 174 Å². The van der Waals surface area contributed by atoms with E-state index >= 15 is 0 Å². The first-order chi connectivity index (χ1) is 13.6. The van der Waals surface area contributed by atoms with Gasteiger partial charge in [-0.25, -0.2) is 0 Å². The van der Waals surface area contributed by atoms with Gasteiger partial charge in [-0.2, -0.15) is 0 Å². The van der Waals surface area contributed by atoms with Gasteiger partial charge >= 0.3 is 0 Å². The van der Waals surface area contributed by atoms with Crippen LogP contribution < -0.4 is 0 Å². The Hall–Kier alpha value is -1.06. The zero-order valence-electron chi connectivity index (χ0n) is 19.2. The Morgan fingerprint density at radius 2 is 0.893 bits per heavy atom. The molecule has 0 bridgehead atoms. The van der Waals surface area contributed by atoms with Gasteiger partial charge in [-0.1, -0.05) is 66.2 Å². The highest BCUT2D eigenvalue weighted by Gasteiger charge is 2.39. The molecule has 0 aromatic carbocycles. The number of unbranched alkanes of at least 4 members (excludes halogenated alkanes) is 4. The molecule has 0 saturated heterocycles. The van der Waals surface area contributed by atoms with Crippen LogP contribution in [-0.2, 0) is 9.59 Å². The van der Waals surface area contributed by atoms with Gasteiger partial charge in [0, 0.05) is 38.0 Å². The van der Waals surface area contributed by atoms with Crippen molar-refractivity contribution in [3.05, 3.63) is 0 Å². The Balaban J connectivity index is 2.90. The Kier molecular flexibility index (Phi) is 13.3. The summed E-state index contributed by atoms with van der Waals surface area (Å²) in [5.41, 5.74) is 0. The molecule has 1 aliphatic carbocycles. The maximum absolute atomic E-state index is 13.4. The molecule has 0 radical (unpaired) electrons. The second-order valence-corrected chi connectivity index (χ2v) is 8.56. The summed E-state index contributed by atoms with van der Waals surface area (Å²) in [4.78, 5) is 31.0. The Bertz CT molecular complexity index is 382. The minimum Gasteiger partial charge on any atom is -0.342 e. The van der Waals surface area contributed by atoms with Crippen LogP contribution in [0.4, 0.5) is 0 Å². The van der Waals surface area contributed by atoms with Crippen LogP contribution in [0, 0.1) is 11.8 Å². The van der Waals surface area contributed by atoms with Crippen molar-refractivity contribution in [2.75, 3.05) is 26.2 Å². The first-order valence-electron chi connectivity index (χ1n) is 12.2. The molecule has 2 atom stereocenters. The van der Waals surface area contributed by atoms with Gasteiger partial charge in [0.1, 0.15) is 0 Å². The van der Waals surface area contributed by atoms with Crippen molar-refractivity contribution < 1.29 is 9.59 Å². The summed E-state index contributed by atoms with van der Waals surface area (Å²) in [6, 6.07) is 0. The molecule has 2 unspecified atom stereocenters. The molecule has 1 saturated carbocycles. The van der Waals surface area contributed by atoms with Crippen LogP contribution in [0.3, 0.4) is 0 Å². The lowest BCUT2D eigenvalue weighted by Gasteiger charge is -2.37. The summed E-state index contributed by atoms with van der Waals surface area (Å²) in [6.45, 7) is 12.1. The topological polar surface area (TPSA) is 40.6 Å². The highest BCUT2D eigenvalue weighted by molar-refractivity contribution is 5.88. The Morgan fingerprint density at radius 3 is 1.14 bits per heavy atom. The normalized spacial score (nSPS) is 19.4. The standard InChI is InChI=1S/C24H46N2O2/c1-5-9-17-25(18-10-6-2)23(27)21-15-13-14-16-22(21)24(28)26(19-11-7-3)20-12-8-4/h21-22H,5-20H2,1-4H3. The molecule has 164 valence electrons. The van der Waals surface area contributed by atoms with Crippen molar-refractivity contribution in [2.24, 2.45) is 11.8 Å². The molecule has 1 fully saturated rings. The lowest BCUT2D eigenvalue weighted by Crippen LogP contribution is -2.47. The minimum atomic E-state index is -0.0966. The molecule has 28 heavy (non-hydrogen) atoms. The summed E-state index contributed by atoms with van der Waals surface area (Å²) < 4.78 is 0. The lowest BCUT2D eigenvalue weighted by molar-refractivity contribution is -0.148. The van der Waals surface area contributed by atoms with Gasteiger partial charge in [-0.15, -0.1) is 0 Å². The first kappa shape index (κ1) is 25.0. The van der Waals surface area contributed by atoms with E-state index in [1.54, 1.807) is 0 Å². The number of carbonyl (C=O) groups is 2. The predicted molar refractivity (Wildman–Crippen MR) is 118 cm³/mol. The molecule has 0 spiro atoms. The van der Waals surface area contributed by atoms with Crippen LogP contribution in [0.1, 0.15) is 105 Å². The van der Waals surface area contributed by atoms with Gasteiger partial charge in [0.05, 0.1) is 0 Å². The molecule has 0 aromatic heterocycles. The molecule has 2 amide bonds. The molecule has 0 aliphatic heterocycles. The predicted octanol–water partition coefficient (Wildman–Crippen LogP) is 5.65. The van der Waals surface area contributed by atoms with E-state index < -0.39 is 0 Å². The van der Waals surface area contributed by atoms with E-state index in [1.165, 1.54) is 0 Å². The second-order valence-electron chi connectivity index (χ2n) is 8.56. The van der Waals surface area contributed by atoms with Gasteiger partial charge in [0.25, 0.3) is 0 Å². The Morgan fingerprint density at radius 1 is 0.607 bits per heavy atom. The smallest absolute Gasteiger partial charge is 0.226 e. The lowest BCUT2D eigenvalue weighted by atomic mass is 9.77. The van der Waals surface area contributed by atoms with Crippen molar-refractivity contribution in [3.63, 3.8) is 0 Å². The van der Waals surface area contributed by atoms with Gasteiger partial charge in [-0.05, 0) is 38.5 Å². The van der Waals surface area contributed by atoms with Crippen molar-refractivity contribution in [1.29, 1.82) is 0 Å². The van der Waals surface area contributed by atoms with E-state index in [4.69, 9.17) is 0 Å². The van der Waals surface area contributed by atoms with Gasteiger partial charge in [-0.3, -0.25) is 9.59 Å². The zero-order valence-corrected chi connectivity index (χ0v) is 19.2. The molecule has 4 nitrogen and oxygen atoms in total. The van der Waals surface area contributed by atoms with E-state index in [0.717, 1.165) is 103 Å². The van der Waals surface area contributed by atoms with E-state index in [0.29, 0.717) is 0 Å². The van der Waals surface area contributed by atoms with E-state index in [-0.39, 0.29) is 23.7 Å². The number of hydrogen-bond donors (Lipinski definition) is 0. The maximum Gasteiger partial charge on any atom is 0.226 e. The summed E-state index contributed by atoms with van der Waals surface area (Å²) in [5, 5.41) is 0. The SMILES string of the molecule is CCCCN(CCCC)C(=O)C1CCCCC1C(=O)N(CCCC)CCCC. The molecule has 4 heteroatoms. The summed E-state index contributed by atoms with van der Waals surface area (Å²) in [5.74, 6) is 0.318. The highest BCUT2D eigenvalue weighted by Crippen LogP contribution is 2.33. The molecular formula is C24H46N2O2. The van der Waals surface area contributed by atoms with E-state index in [1.807, 2.05) is 0 Å². The minimum absolute atomic E-state index is 0.0966. The third kappa shape index (κ3) is 8.13. The van der Waals surface area contributed by atoms with Crippen LogP contribution >= 0.6 is 0 Å². The average molecular weight is 395 g/mol. The molecule has 0 aromatic rings. The fourth-order valence-electron chi connectivity index (χ4n) is 4.25. The number of rotatable bonds is 14. The van der Waals surface area contributed by atoms with E-state index in [9.17, 15) is 9.59 Å². The summed E-state index contributed by atoms with van der Waals surface area (Å²) >= 11 is 0. The molecular weight excluding hydrogens is 348 g/mol. The fourth-order valence-corrected chi connectivity index (χ4v) is 4.25. The van der Waals surface area contributed by atoms with Crippen LogP contribution in [0.15, 0.2) is 0 Å². The van der Waals surface area contributed by atoms with Crippen molar-refractivity contribution in [2.45, 2.75) is 105 Å². The van der Waals surface area contributed by atoms with Crippen LogP contribution in [0.2, 0.25) is 0 Å². The van der Waals surface area contributed by atoms with Crippen LogP contribution in [0.25, 0.3) is 0 Å². The highest BCUT2D eigenvalue weighted by atomic mass is 16.2. The molecule has 0 N–H and O–H groups in total. The second kappa shape index (κ2) is 14.9. The monoisotopic (exact) mass is 394 g/mol. The number of hydrogen-bond acceptors (Lipinski definition) is 2. The molecule has 1 aliphatic rings. The maximum atomic E-state index is 13.4. The van der Waals surface area contributed by atoms with E-state index in [2.05, 4.69) is 37.5 Å². The largest absolute Gasteiger partial charge is 0.342 e.